The molecule has 1 atom stereocenters. The van der Waals surface area contributed by atoms with E-state index in [4.69, 9.17) is 5.73 Å². The van der Waals surface area contributed by atoms with Gasteiger partial charge in [-0.05, 0) is 17.8 Å². The van der Waals surface area contributed by atoms with E-state index in [1.54, 1.807) is 0 Å². The number of carbonyl (C=O) groups is 1. The number of hydrogen-bond donors (Lipinski definition) is 2. The fourth-order valence-electron chi connectivity index (χ4n) is 2.78. The molecule has 1 aliphatic carbocycles. The van der Waals surface area contributed by atoms with Gasteiger partial charge in [-0.25, -0.2) is 0 Å². The van der Waals surface area contributed by atoms with E-state index in [9.17, 15) is 4.79 Å². The highest BCUT2D eigenvalue weighted by Crippen LogP contribution is 2.32. The van der Waals surface area contributed by atoms with Crippen LogP contribution in [0.2, 0.25) is 0 Å². The summed E-state index contributed by atoms with van der Waals surface area (Å²) in [6.07, 6.45) is 8.34. The summed E-state index contributed by atoms with van der Waals surface area (Å²) in [5.74, 6) is 0.898. The lowest BCUT2D eigenvalue weighted by Crippen LogP contribution is -2.45. The number of rotatable bonds is 5. The monoisotopic (exact) mass is 254 g/mol. The van der Waals surface area contributed by atoms with Crippen LogP contribution in [0.3, 0.4) is 0 Å². The molecule has 0 aliphatic heterocycles. The Morgan fingerprint density at radius 3 is 2.39 bits per heavy atom. The predicted molar refractivity (Wildman–Crippen MR) is 76.2 cm³/mol. The van der Waals surface area contributed by atoms with E-state index in [1.807, 2.05) is 0 Å². The van der Waals surface area contributed by atoms with Crippen LogP contribution in [-0.2, 0) is 4.79 Å². The molecular formula is C15H30N2O. The van der Waals surface area contributed by atoms with Crippen molar-refractivity contribution in [3.05, 3.63) is 0 Å². The average molecular weight is 254 g/mol. The third kappa shape index (κ3) is 5.38. The summed E-state index contributed by atoms with van der Waals surface area (Å²) >= 11 is 0. The van der Waals surface area contributed by atoms with Crippen LogP contribution in [0.15, 0.2) is 0 Å². The van der Waals surface area contributed by atoms with Gasteiger partial charge in [-0.2, -0.15) is 0 Å². The van der Waals surface area contributed by atoms with Crippen LogP contribution in [-0.4, -0.2) is 18.5 Å². The molecule has 1 fully saturated rings. The molecule has 0 bridgehead atoms. The van der Waals surface area contributed by atoms with Crippen molar-refractivity contribution in [2.45, 2.75) is 71.8 Å². The largest absolute Gasteiger partial charge is 0.353 e. The van der Waals surface area contributed by atoms with Crippen LogP contribution in [0.1, 0.15) is 65.7 Å². The molecule has 0 unspecified atom stereocenters. The summed E-state index contributed by atoms with van der Waals surface area (Å²) in [5, 5.41) is 3.19. The van der Waals surface area contributed by atoms with Crippen molar-refractivity contribution in [3.8, 4) is 0 Å². The maximum Gasteiger partial charge on any atom is 0.221 e. The lowest BCUT2D eigenvalue weighted by Gasteiger charge is -2.35. The van der Waals surface area contributed by atoms with Gasteiger partial charge >= 0.3 is 0 Å². The van der Waals surface area contributed by atoms with Crippen molar-refractivity contribution >= 4 is 5.91 Å². The van der Waals surface area contributed by atoms with Gasteiger partial charge in [0.25, 0.3) is 0 Å². The minimum atomic E-state index is 0.105. The van der Waals surface area contributed by atoms with Crippen molar-refractivity contribution in [2.75, 3.05) is 6.54 Å². The van der Waals surface area contributed by atoms with Crippen molar-refractivity contribution in [3.63, 3.8) is 0 Å². The minimum Gasteiger partial charge on any atom is -0.353 e. The quantitative estimate of drug-likeness (QED) is 0.792. The van der Waals surface area contributed by atoms with Crippen molar-refractivity contribution < 1.29 is 4.79 Å². The molecule has 3 N–H and O–H groups in total. The SMILES string of the molecule is CC(C)(C)[C@H](CC1CCCCC1)NC(=O)CCN. The molecule has 0 aromatic rings. The van der Waals surface area contributed by atoms with Gasteiger partial charge in [-0.3, -0.25) is 4.79 Å². The van der Waals surface area contributed by atoms with Crippen LogP contribution in [0.5, 0.6) is 0 Å². The predicted octanol–water partition coefficient (Wildman–Crippen LogP) is 2.84. The molecule has 0 aromatic carbocycles. The van der Waals surface area contributed by atoms with Gasteiger partial charge in [-0.1, -0.05) is 52.9 Å². The highest BCUT2D eigenvalue weighted by atomic mass is 16.1. The van der Waals surface area contributed by atoms with Crippen molar-refractivity contribution in [1.29, 1.82) is 0 Å². The van der Waals surface area contributed by atoms with Crippen molar-refractivity contribution in [1.82, 2.24) is 5.32 Å². The normalized spacial score (nSPS) is 19.6. The number of carbonyl (C=O) groups excluding carboxylic acids is 1. The summed E-state index contributed by atoms with van der Waals surface area (Å²) in [6.45, 7) is 7.07. The molecule has 0 saturated heterocycles. The van der Waals surface area contributed by atoms with Crippen LogP contribution >= 0.6 is 0 Å². The number of amides is 1. The number of nitrogens with one attached hydrogen (secondary N) is 1. The van der Waals surface area contributed by atoms with E-state index in [1.165, 1.54) is 32.1 Å². The smallest absolute Gasteiger partial charge is 0.221 e. The maximum atomic E-state index is 11.8. The highest BCUT2D eigenvalue weighted by molar-refractivity contribution is 5.76. The molecule has 106 valence electrons. The lowest BCUT2D eigenvalue weighted by molar-refractivity contribution is -0.122. The lowest BCUT2D eigenvalue weighted by atomic mass is 9.77. The van der Waals surface area contributed by atoms with E-state index in [0.717, 1.165) is 12.3 Å². The second-order valence-electron chi connectivity index (χ2n) is 6.76. The molecule has 1 saturated carbocycles. The first-order valence-electron chi connectivity index (χ1n) is 7.43. The van der Waals surface area contributed by atoms with Gasteiger partial charge in [0, 0.05) is 19.0 Å². The Morgan fingerprint density at radius 2 is 1.89 bits per heavy atom. The van der Waals surface area contributed by atoms with Gasteiger partial charge in [0.15, 0.2) is 0 Å². The molecule has 1 amide bonds. The Morgan fingerprint density at radius 1 is 1.28 bits per heavy atom. The zero-order valence-electron chi connectivity index (χ0n) is 12.3. The molecule has 0 heterocycles. The average Bonchev–Trinajstić information content (AvgIpc) is 2.28. The summed E-state index contributed by atoms with van der Waals surface area (Å²) in [4.78, 5) is 11.8. The molecule has 1 rings (SSSR count). The first kappa shape index (κ1) is 15.5. The van der Waals surface area contributed by atoms with Gasteiger partial charge in [0.2, 0.25) is 5.91 Å². The fourth-order valence-corrected chi connectivity index (χ4v) is 2.78. The molecule has 0 aromatic heterocycles. The Kier molecular flexibility index (Phi) is 6.13. The molecule has 3 nitrogen and oxygen atoms in total. The summed E-state index contributed by atoms with van der Waals surface area (Å²) in [6, 6.07) is 0.277. The minimum absolute atomic E-state index is 0.105. The molecule has 18 heavy (non-hydrogen) atoms. The highest BCUT2D eigenvalue weighted by Gasteiger charge is 2.29. The summed E-state index contributed by atoms with van der Waals surface area (Å²) in [7, 11) is 0. The van der Waals surface area contributed by atoms with E-state index >= 15 is 0 Å². The van der Waals surface area contributed by atoms with Gasteiger partial charge < -0.3 is 11.1 Å². The summed E-state index contributed by atoms with van der Waals surface area (Å²) in [5.41, 5.74) is 5.56. The van der Waals surface area contributed by atoms with Crippen LogP contribution in [0.4, 0.5) is 0 Å². The topological polar surface area (TPSA) is 55.1 Å². The standard InChI is InChI=1S/C15H30N2O/c1-15(2,3)13(17-14(18)9-10-16)11-12-7-5-4-6-8-12/h12-13H,4-11,16H2,1-3H3,(H,17,18)/t13-/m0/s1. The van der Waals surface area contributed by atoms with E-state index < -0.39 is 0 Å². The Balaban J connectivity index is 2.52. The Hall–Kier alpha value is -0.570. The van der Waals surface area contributed by atoms with Gasteiger partial charge in [0.1, 0.15) is 0 Å². The third-order valence-corrected chi connectivity index (χ3v) is 4.05. The number of hydrogen-bond acceptors (Lipinski definition) is 2. The van der Waals surface area contributed by atoms with Crippen LogP contribution in [0, 0.1) is 11.3 Å². The second-order valence-corrected chi connectivity index (χ2v) is 6.76. The van der Waals surface area contributed by atoms with Crippen LogP contribution in [0.25, 0.3) is 0 Å². The zero-order valence-corrected chi connectivity index (χ0v) is 12.3. The first-order chi connectivity index (χ1) is 8.43. The molecule has 3 heteroatoms. The van der Waals surface area contributed by atoms with E-state index in [2.05, 4.69) is 26.1 Å². The molecule has 1 aliphatic rings. The maximum absolute atomic E-state index is 11.8. The van der Waals surface area contributed by atoms with Crippen molar-refractivity contribution in [2.24, 2.45) is 17.1 Å². The van der Waals surface area contributed by atoms with E-state index in [0.29, 0.717) is 13.0 Å². The molecule has 0 radical (unpaired) electrons. The summed E-state index contributed by atoms with van der Waals surface area (Å²) < 4.78 is 0. The zero-order chi connectivity index (χ0) is 13.6. The van der Waals surface area contributed by atoms with Gasteiger partial charge in [-0.15, -0.1) is 0 Å². The third-order valence-electron chi connectivity index (χ3n) is 4.05. The molecule has 0 spiro atoms. The Labute approximate surface area is 112 Å². The van der Waals surface area contributed by atoms with Gasteiger partial charge in [0.05, 0.1) is 0 Å². The number of nitrogens with two attached hydrogens (primary N) is 1. The first-order valence-corrected chi connectivity index (χ1v) is 7.43. The Bertz CT molecular complexity index is 252. The van der Waals surface area contributed by atoms with E-state index in [-0.39, 0.29) is 17.4 Å². The fraction of sp³-hybridized carbons (Fsp3) is 0.933. The van der Waals surface area contributed by atoms with Crippen LogP contribution < -0.4 is 11.1 Å². The second kappa shape index (κ2) is 7.13. The molecular weight excluding hydrogens is 224 g/mol.